The first-order valence-corrected chi connectivity index (χ1v) is 10.2. The third-order valence-electron chi connectivity index (χ3n) is 6.33. The number of hydrogen-bond donors (Lipinski definition) is 0. The van der Waals surface area contributed by atoms with Gasteiger partial charge in [-0.2, -0.15) is 5.10 Å². The molecule has 3 rings (SSSR count). The number of nitrogens with zero attached hydrogens (tertiary/aromatic N) is 5. The van der Waals surface area contributed by atoms with E-state index < -0.39 is 0 Å². The largest absolute Gasteiger partial charge is 0.343 e. The van der Waals surface area contributed by atoms with Crippen molar-refractivity contribution in [2.24, 2.45) is 7.05 Å². The van der Waals surface area contributed by atoms with Crippen LogP contribution in [0.25, 0.3) is 0 Å². The van der Waals surface area contributed by atoms with Gasteiger partial charge in [-0.1, -0.05) is 13.3 Å². The van der Waals surface area contributed by atoms with Gasteiger partial charge in [0.05, 0.1) is 5.69 Å². The number of amides is 2. The fraction of sp³-hybridized carbons (Fsp3) is 0.750. The zero-order chi connectivity index (χ0) is 19.6. The van der Waals surface area contributed by atoms with Crippen molar-refractivity contribution in [3.05, 3.63) is 17.5 Å². The van der Waals surface area contributed by atoms with Crippen LogP contribution in [0.2, 0.25) is 0 Å². The second-order valence-corrected chi connectivity index (χ2v) is 7.99. The van der Waals surface area contributed by atoms with Gasteiger partial charge in [-0.05, 0) is 39.3 Å². The van der Waals surface area contributed by atoms with E-state index in [1.54, 1.807) is 4.68 Å². The van der Waals surface area contributed by atoms with E-state index in [4.69, 9.17) is 0 Å². The normalized spacial score (nSPS) is 24.5. The highest BCUT2D eigenvalue weighted by atomic mass is 16.2. The smallest absolute Gasteiger partial charge is 0.272 e. The van der Waals surface area contributed by atoms with Gasteiger partial charge in [0.1, 0.15) is 5.69 Å². The second-order valence-electron chi connectivity index (χ2n) is 7.99. The number of carbonyl (C=O) groups excluding carboxylic acids is 2. The van der Waals surface area contributed by atoms with Gasteiger partial charge in [0.2, 0.25) is 5.91 Å². The fourth-order valence-corrected chi connectivity index (χ4v) is 4.47. The number of aryl methyl sites for hydroxylation is 2. The van der Waals surface area contributed by atoms with Crippen LogP contribution in [0.4, 0.5) is 0 Å². The monoisotopic (exact) mass is 375 g/mol. The number of carbonyl (C=O) groups is 2. The SMILES string of the molecule is CCCc1cc(C(=O)N2CCN(C)C3(CCC(=O)N(CC)CC3)C2)n(C)n1. The number of likely N-dealkylation sites (N-methyl/N-ethyl adjacent to an activating group) is 1. The molecule has 7 heteroatoms. The molecular formula is C20H33N5O2. The molecule has 1 unspecified atom stereocenters. The Morgan fingerprint density at radius 3 is 2.67 bits per heavy atom. The maximum atomic E-state index is 13.2. The molecule has 150 valence electrons. The van der Waals surface area contributed by atoms with E-state index >= 15 is 0 Å². The van der Waals surface area contributed by atoms with Crippen LogP contribution in [0.5, 0.6) is 0 Å². The second kappa shape index (κ2) is 8.00. The third-order valence-corrected chi connectivity index (χ3v) is 6.33. The Hall–Kier alpha value is -1.89. The minimum Gasteiger partial charge on any atom is -0.343 e. The molecule has 0 radical (unpaired) electrons. The molecule has 7 nitrogen and oxygen atoms in total. The van der Waals surface area contributed by atoms with Crippen LogP contribution in [0, 0.1) is 0 Å². The Kier molecular flexibility index (Phi) is 5.89. The lowest BCUT2D eigenvalue weighted by atomic mass is 9.86. The van der Waals surface area contributed by atoms with Crippen molar-refractivity contribution in [2.75, 3.05) is 39.8 Å². The topological polar surface area (TPSA) is 61.7 Å². The minimum absolute atomic E-state index is 0.0581. The first-order chi connectivity index (χ1) is 12.9. The van der Waals surface area contributed by atoms with Crippen molar-refractivity contribution >= 4 is 11.8 Å². The summed E-state index contributed by atoms with van der Waals surface area (Å²) in [6, 6.07) is 1.94. The first kappa shape index (κ1) is 19.9. The quantitative estimate of drug-likeness (QED) is 0.801. The number of rotatable bonds is 4. The van der Waals surface area contributed by atoms with Crippen LogP contribution in [-0.2, 0) is 18.3 Å². The van der Waals surface area contributed by atoms with E-state index in [-0.39, 0.29) is 17.4 Å². The summed E-state index contributed by atoms with van der Waals surface area (Å²) in [5.41, 5.74) is 1.53. The zero-order valence-corrected chi connectivity index (χ0v) is 17.2. The molecule has 0 aromatic carbocycles. The lowest BCUT2D eigenvalue weighted by molar-refractivity contribution is -0.130. The van der Waals surface area contributed by atoms with E-state index in [9.17, 15) is 9.59 Å². The van der Waals surface area contributed by atoms with Gasteiger partial charge in [0, 0.05) is 51.7 Å². The van der Waals surface area contributed by atoms with E-state index in [1.165, 1.54) is 0 Å². The average Bonchev–Trinajstić information content (AvgIpc) is 2.93. The maximum Gasteiger partial charge on any atom is 0.272 e. The average molecular weight is 376 g/mol. The number of hydrogen-bond acceptors (Lipinski definition) is 4. The molecule has 0 saturated carbocycles. The summed E-state index contributed by atoms with van der Waals surface area (Å²) in [6.45, 7) is 7.93. The van der Waals surface area contributed by atoms with Crippen molar-refractivity contribution in [2.45, 2.75) is 51.5 Å². The third kappa shape index (κ3) is 3.88. The Morgan fingerprint density at radius 1 is 1.19 bits per heavy atom. The lowest BCUT2D eigenvalue weighted by Gasteiger charge is -2.49. The summed E-state index contributed by atoms with van der Waals surface area (Å²) in [5.74, 6) is 0.296. The number of piperazine rings is 1. The van der Waals surface area contributed by atoms with E-state index in [2.05, 4.69) is 24.0 Å². The fourth-order valence-electron chi connectivity index (χ4n) is 4.47. The van der Waals surface area contributed by atoms with Gasteiger partial charge < -0.3 is 9.80 Å². The van der Waals surface area contributed by atoms with Gasteiger partial charge >= 0.3 is 0 Å². The molecule has 2 amide bonds. The van der Waals surface area contributed by atoms with Crippen LogP contribution in [-0.4, -0.2) is 81.6 Å². The van der Waals surface area contributed by atoms with Crippen molar-refractivity contribution in [1.29, 1.82) is 0 Å². The summed E-state index contributed by atoms with van der Waals surface area (Å²) in [5, 5.41) is 4.49. The van der Waals surface area contributed by atoms with Crippen LogP contribution < -0.4 is 0 Å². The Balaban J connectivity index is 1.78. The van der Waals surface area contributed by atoms with Gasteiger partial charge in [-0.25, -0.2) is 0 Å². The highest BCUT2D eigenvalue weighted by Crippen LogP contribution is 2.32. The molecule has 1 aromatic rings. The molecule has 1 atom stereocenters. The predicted octanol–water partition coefficient (Wildman–Crippen LogP) is 1.53. The van der Waals surface area contributed by atoms with Gasteiger partial charge in [-0.3, -0.25) is 19.2 Å². The van der Waals surface area contributed by atoms with Gasteiger partial charge in [0.15, 0.2) is 0 Å². The van der Waals surface area contributed by atoms with Crippen LogP contribution in [0.15, 0.2) is 6.07 Å². The Labute approximate surface area is 162 Å². The Morgan fingerprint density at radius 2 is 1.96 bits per heavy atom. The molecule has 1 aromatic heterocycles. The van der Waals surface area contributed by atoms with Crippen molar-refractivity contribution < 1.29 is 9.59 Å². The van der Waals surface area contributed by atoms with E-state index in [0.717, 1.165) is 57.6 Å². The minimum atomic E-state index is -0.113. The summed E-state index contributed by atoms with van der Waals surface area (Å²) in [7, 11) is 3.99. The first-order valence-electron chi connectivity index (χ1n) is 10.2. The number of likely N-dealkylation sites (tertiary alicyclic amines) is 1. The van der Waals surface area contributed by atoms with Gasteiger partial charge in [0.25, 0.3) is 5.91 Å². The molecule has 3 heterocycles. The predicted molar refractivity (Wildman–Crippen MR) is 105 cm³/mol. The molecule has 2 saturated heterocycles. The molecule has 27 heavy (non-hydrogen) atoms. The van der Waals surface area contributed by atoms with Crippen molar-refractivity contribution in [3.63, 3.8) is 0 Å². The molecule has 1 spiro atoms. The Bertz CT molecular complexity index is 701. The highest BCUT2D eigenvalue weighted by Gasteiger charge is 2.43. The van der Waals surface area contributed by atoms with Gasteiger partial charge in [-0.15, -0.1) is 0 Å². The maximum absolute atomic E-state index is 13.2. The van der Waals surface area contributed by atoms with E-state index in [1.807, 2.05) is 29.8 Å². The summed E-state index contributed by atoms with van der Waals surface area (Å²) in [6.07, 6.45) is 4.20. The molecule has 2 aliphatic heterocycles. The van der Waals surface area contributed by atoms with Crippen LogP contribution >= 0.6 is 0 Å². The number of aromatic nitrogens is 2. The standard InChI is InChI=1S/C20H33N5O2/c1-5-7-16-14-17(23(4)21-16)19(27)25-13-12-22(3)20(15-25)9-8-18(26)24(6-2)11-10-20/h14H,5-13,15H2,1-4H3. The van der Waals surface area contributed by atoms with E-state index in [0.29, 0.717) is 18.7 Å². The molecule has 0 aliphatic carbocycles. The molecule has 2 aliphatic rings. The van der Waals surface area contributed by atoms with Crippen molar-refractivity contribution in [3.8, 4) is 0 Å². The molecular weight excluding hydrogens is 342 g/mol. The summed E-state index contributed by atoms with van der Waals surface area (Å²) in [4.78, 5) is 31.8. The summed E-state index contributed by atoms with van der Waals surface area (Å²) >= 11 is 0. The zero-order valence-electron chi connectivity index (χ0n) is 17.2. The summed E-state index contributed by atoms with van der Waals surface area (Å²) < 4.78 is 1.72. The van der Waals surface area contributed by atoms with Crippen molar-refractivity contribution in [1.82, 2.24) is 24.5 Å². The highest BCUT2D eigenvalue weighted by molar-refractivity contribution is 5.93. The molecule has 2 fully saturated rings. The lowest BCUT2D eigenvalue weighted by Crippen LogP contribution is -2.62. The van der Waals surface area contributed by atoms with Crippen LogP contribution in [0.1, 0.15) is 55.7 Å². The van der Waals surface area contributed by atoms with Crippen LogP contribution in [0.3, 0.4) is 0 Å². The molecule has 0 bridgehead atoms. The molecule has 0 N–H and O–H groups in total.